The SMILES string of the molecule is NCCNc1nc(NCCS(=O)O)nc(Nc2ccc(S(=O)O)cc2)n1. The summed E-state index contributed by atoms with van der Waals surface area (Å²) in [5.41, 5.74) is 6.07. The molecule has 2 unspecified atom stereocenters. The molecular formula is C13H19N7O4S2. The maximum absolute atomic E-state index is 11.0. The van der Waals surface area contributed by atoms with Gasteiger partial charge in [-0.25, -0.2) is 8.42 Å². The number of benzene rings is 1. The minimum Gasteiger partial charge on any atom is -0.353 e. The minimum absolute atomic E-state index is 0.0275. The molecule has 0 saturated heterocycles. The monoisotopic (exact) mass is 401 g/mol. The van der Waals surface area contributed by atoms with Crippen LogP contribution in [0.25, 0.3) is 0 Å². The lowest BCUT2D eigenvalue weighted by atomic mass is 10.3. The number of aromatic nitrogens is 3. The van der Waals surface area contributed by atoms with Crippen LogP contribution in [0.15, 0.2) is 29.2 Å². The Morgan fingerprint density at radius 2 is 1.50 bits per heavy atom. The summed E-state index contributed by atoms with van der Waals surface area (Å²) in [6.07, 6.45) is 0. The third-order valence-corrected chi connectivity index (χ3v) is 4.16. The Bertz CT molecular complexity index is 776. The highest BCUT2D eigenvalue weighted by Gasteiger charge is 2.08. The number of hydrogen-bond donors (Lipinski definition) is 6. The van der Waals surface area contributed by atoms with Gasteiger partial charge in [-0.2, -0.15) is 15.0 Å². The van der Waals surface area contributed by atoms with Crippen molar-refractivity contribution in [2.75, 3.05) is 41.3 Å². The summed E-state index contributed by atoms with van der Waals surface area (Å²) in [4.78, 5) is 12.8. The Balaban J connectivity index is 2.16. The Kier molecular flexibility index (Phi) is 7.80. The number of nitrogens with zero attached hydrogens (tertiary/aromatic N) is 3. The van der Waals surface area contributed by atoms with E-state index in [9.17, 15) is 8.42 Å². The Hall–Kier alpha value is -2.19. The van der Waals surface area contributed by atoms with Crippen molar-refractivity contribution in [1.29, 1.82) is 0 Å². The van der Waals surface area contributed by atoms with Gasteiger partial charge in [0.1, 0.15) is 0 Å². The molecule has 0 aliphatic rings. The number of nitrogens with two attached hydrogens (primary N) is 1. The van der Waals surface area contributed by atoms with E-state index in [1.807, 2.05) is 0 Å². The summed E-state index contributed by atoms with van der Waals surface area (Å²) >= 11 is -3.97. The van der Waals surface area contributed by atoms with Gasteiger partial charge >= 0.3 is 0 Å². The average molecular weight is 401 g/mol. The van der Waals surface area contributed by atoms with Gasteiger partial charge in [0.2, 0.25) is 17.8 Å². The van der Waals surface area contributed by atoms with Crippen molar-refractivity contribution in [3.8, 4) is 0 Å². The van der Waals surface area contributed by atoms with E-state index in [-0.39, 0.29) is 35.0 Å². The van der Waals surface area contributed by atoms with Crippen molar-refractivity contribution < 1.29 is 17.5 Å². The summed E-state index contributed by atoms with van der Waals surface area (Å²) < 4.78 is 39.6. The van der Waals surface area contributed by atoms with Crippen molar-refractivity contribution in [1.82, 2.24) is 15.0 Å². The summed E-state index contributed by atoms with van der Waals surface area (Å²) in [6, 6.07) is 6.23. The first-order chi connectivity index (χ1) is 12.5. The summed E-state index contributed by atoms with van der Waals surface area (Å²) in [5.74, 6) is 0.763. The van der Waals surface area contributed by atoms with E-state index < -0.39 is 22.2 Å². The lowest BCUT2D eigenvalue weighted by Gasteiger charge is -2.11. The molecule has 7 N–H and O–H groups in total. The number of hydrogen-bond acceptors (Lipinski definition) is 9. The van der Waals surface area contributed by atoms with E-state index in [4.69, 9.17) is 14.8 Å². The summed E-state index contributed by atoms with van der Waals surface area (Å²) in [6.45, 7) is 1.06. The fourth-order valence-corrected chi connectivity index (χ4v) is 2.45. The molecular weight excluding hydrogens is 382 g/mol. The molecule has 13 heteroatoms. The van der Waals surface area contributed by atoms with Gasteiger partial charge in [-0.05, 0) is 24.3 Å². The van der Waals surface area contributed by atoms with Crippen LogP contribution in [0.3, 0.4) is 0 Å². The second kappa shape index (κ2) is 10.1. The highest BCUT2D eigenvalue weighted by Crippen LogP contribution is 2.17. The van der Waals surface area contributed by atoms with Crippen LogP contribution in [0.5, 0.6) is 0 Å². The predicted molar refractivity (Wildman–Crippen MR) is 100 cm³/mol. The van der Waals surface area contributed by atoms with E-state index in [2.05, 4.69) is 30.9 Å². The molecule has 0 bridgehead atoms. The van der Waals surface area contributed by atoms with Crippen LogP contribution in [-0.2, 0) is 22.2 Å². The topological polar surface area (TPSA) is 175 Å². The molecule has 0 saturated carbocycles. The predicted octanol–water partition coefficient (Wildman–Crippen LogP) is 0.200. The average Bonchev–Trinajstić information content (AvgIpc) is 2.60. The van der Waals surface area contributed by atoms with Crippen LogP contribution < -0.4 is 21.7 Å². The molecule has 2 rings (SSSR count). The first kappa shape index (κ1) is 20.1. The van der Waals surface area contributed by atoms with Crippen molar-refractivity contribution in [2.24, 2.45) is 5.73 Å². The largest absolute Gasteiger partial charge is 0.353 e. The second-order valence-corrected chi connectivity index (χ2v) is 6.89. The van der Waals surface area contributed by atoms with Gasteiger partial charge in [0, 0.05) is 25.3 Å². The van der Waals surface area contributed by atoms with Crippen LogP contribution in [0.2, 0.25) is 0 Å². The third kappa shape index (κ3) is 6.61. The van der Waals surface area contributed by atoms with Gasteiger partial charge in [-0.15, -0.1) is 0 Å². The minimum atomic E-state index is -2.05. The zero-order valence-electron chi connectivity index (χ0n) is 13.6. The smallest absolute Gasteiger partial charge is 0.233 e. The highest BCUT2D eigenvalue weighted by atomic mass is 32.2. The lowest BCUT2D eigenvalue weighted by molar-refractivity contribution is 0.563. The molecule has 11 nitrogen and oxygen atoms in total. The number of anilines is 4. The Morgan fingerprint density at radius 1 is 0.923 bits per heavy atom. The molecule has 0 spiro atoms. The maximum atomic E-state index is 11.0. The molecule has 1 aromatic carbocycles. The normalized spacial score (nSPS) is 13.0. The summed E-state index contributed by atoms with van der Waals surface area (Å²) in [7, 11) is 0. The first-order valence-corrected chi connectivity index (χ1v) is 9.85. The van der Waals surface area contributed by atoms with Gasteiger partial charge in [0.15, 0.2) is 22.2 Å². The van der Waals surface area contributed by atoms with E-state index in [1.165, 1.54) is 12.1 Å². The van der Waals surface area contributed by atoms with Gasteiger partial charge < -0.3 is 30.8 Å². The third-order valence-electron chi connectivity index (χ3n) is 2.93. The highest BCUT2D eigenvalue weighted by molar-refractivity contribution is 7.79. The van der Waals surface area contributed by atoms with Crippen molar-refractivity contribution in [2.45, 2.75) is 4.90 Å². The Labute approximate surface area is 154 Å². The second-order valence-electron chi connectivity index (χ2n) is 4.87. The molecule has 1 heterocycles. The first-order valence-electron chi connectivity index (χ1n) is 7.47. The van der Waals surface area contributed by atoms with Crippen molar-refractivity contribution in [3.05, 3.63) is 24.3 Å². The molecule has 0 aliphatic carbocycles. The molecule has 0 fully saturated rings. The standard InChI is InChI=1S/C13H19N7O4S2/c14-5-6-15-11-18-12(16-7-8-25(21)22)20-13(19-11)17-9-1-3-10(4-2-9)26(23)24/h1-4H,5-8,14H2,(H,21,22)(H,23,24)(H3,15,16,17,18,19,20). The molecule has 2 aromatic rings. The molecule has 0 aliphatic heterocycles. The van der Waals surface area contributed by atoms with Crippen molar-refractivity contribution in [3.63, 3.8) is 0 Å². The van der Waals surface area contributed by atoms with E-state index in [1.54, 1.807) is 12.1 Å². The van der Waals surface area contributed by atoms with Crippen LogP contribution in [0.1, 0.15) is 0 Å². The van der Waals surface area contributed by atoms with Crippen LogP contribution >= 0.6 is 0 Å². The molecule has 0 amide bonds. The lowest BCUT2D eigenvalue weighted by Crippen LogP contribution is -2.18. The van der Waals surface area contributed by atoms with E-state index in [0.717, 1.165) is 0 Å². The maximum Gasteiger partial charge on any atom is 0.233 e. The Morgan fingerprint density at radius 3 is 2.04 bits per heavy atom. The molecule has 142 valence electrons. The van der Waals surface area contributed by atoms with Crippen LogP contribution in [0.4, 0.5) is 23.5 Å². The van der Waals surface area contributed by atoms with Gasteiger partial charge in [0.05, 0.1) is 10.6 Å². The fraction of sp³-hybridized carbons (Fsp3) is 0.308. The zero-order valence-corrected chi connectivity index (χ0v) is 15.2. The number of rotatable bonds is 10. The molecule has 0 radical (unpaired) electrons. The fourth-order valence-electron chi connectivity index (χ4n) is 1.81. The van der Waals surface area contributed by atoms with Gasteiger partial charge in [-0.1, -0.05) is 0 Å². The zero-order chi connectivity index (χ0) is 18.9. The summed E-state index contributed by atoms with van der Waals surface area (Å²) in [5, 5.41) is 8.74. The van der Waals surface area contributed by atoms with Gasteiger partial charge in [0.25, 0.3) is 0 Å². The van der Waals surface area contributed by atoms with Gasteiger partial charge in [-0.3, -0.25) is 0 Å². The van der Waals surface area contributed by atoms with Crippen LogP contribution in [-0.4, -0.2) is 57.9 Å². The van der Waals surface area contributed by atoms with E-state index in [0.29, 0.717) is 18.8 Å². The molecule has 1 aromatic heterocycles. The molecule has 26 heavy (non-hydrogen) atoms. The quantitative estimate of drug-likeness (QED) is 0.300. The van der Waals surface area contributed by atoms with Crippen LogP contribution in [0, 0.1) is 0 Å². The van der Waals surface area contributed by atoms with E-state index >= 15 is 0 Å². The molecule has 2 atom stereocenters. The van der Waals surface area contributed by atoms with Crippen molar-refractivity contribution >= 4 is 45.7 Å². The number of nitrogens with one attached hydrogen (secondary N) is 3.